The number of hydrogen-bond donors (Lipinski definition) is 1. The molecule has 0 aliphatic carbocycles. The normalized spacial score (nSPS) is 13.0. The van der Waals surface area contributed by atoms with Gasteiger partial charge in [-0.15, -0.1) is 0 Å². The van der Waals surface area contributed by atoms with Crippen LogP contribution >= 0.6 is 0 Å². The van der Waals surface area contributed by atoms with E-state index in [0.29, 0.717) is 0 Å². The number of pyridine rings is 1. The second-order valence-electron chi connectivity index (χ2n) is 6.56. The lowest BCUT2D eigenvalue weighted by molar-refractivity contribution is 0.452. The summed E-state index contributed by atoms with van der Waals surface area (Å²) in [6.45, 7) is 10.6. The van der Waals surface area contributed by atoms with Crippen molar-refractivity contribution in [3.05, 3.63) is 53.3 Å². The lowest BCUT2D eigenvalue weighted by atomic mass is 9.85. The van der Waals surface area contributed by atoms with Crippen LogP contribution in [0, 0.1) is 6.92 Å². The average molecular weight is 284 g/mol. The van der Waals surface area contributed by atoms with Crippen LogP contribution in [0.1, 0.15) is 50.6 Å². The lowest BCUT2D eigenvalue weighted by Crippen LogP contribution is -2.13. The minimum absolute atomic E-state index is 0.0283. The zero-order chi connectivity index (χ0) is 15.6. The average Bonchev–Trinajstić information content (AvgIpc) is 2.40. The van der Waals surface area contributed by atoms with Gasteiger partial charge in [-0.3, -0.25) is 4.98 Å². The van der Waals surface area contributed by atoms with Gasteiger partial charge in [0.15, 0.2) is 0 Å². The maximum atomic E-state index is 6.02. The topological polar surface area (TPSA) is 48.1 Å². The molecule has 0 saturated heterocycles. The van der Waals surface area contributed by atoms with Crippen LogP contribution in [0.25, 0.3) is 0 Å². The summed E-state index contributed by atoms with van der Waals surface area (Å²) in [5, 5.41) is 0. The van der Waals surface area contributed by atoms with Crippen LogP contribution in [0.15, 0.2) is 36.5 Å². The molecule has 0 aliphatic heterocycles. The molecule has 2 N–H and O–H groups in total. The zero-order valence-electron chi connectivity index (χ0n) is 13.5. The minimum atomic E-state index is -0.0661. The van der Waals surface area contributed by atoms with Crippen molar-refractivity contribution in [3.63, 3.8) is 0 Å². The van der Waals surface area contributed by atoms with Gasteiger partial charge in [-0.2, -0.15) is 0 Å². The fourth-order valence-electron chi connectivity index (χ4n) is 2.17. The Bertz CT molecular complexity index is 610. The van der Waals surface area contributed by atoms with Crippen molar-refractivity contribution in [2.24, 2.45) is 5.73 Å². The summed E-state index contributed by atoms with van der Waals surface area (Å²) in [5.41, 5.74) is 9.13. The molecule has 3 nitrogen and oxygen atoms in total. The van der Waals surface area contributed by atoms with E-state index in [9.17, 15) is 0 Å². The van der Waals surface area contributed by atoms with Gasteiger partial charge in [0.1, 0.15) is 11.5 Å². The van der Waals surface area contributed by atoms with Crippen LogP contribution in [0.4, 0.5) is 0 Å². The first-order chi connectivity index (χ1) is 9.77. The molecule has 2 rings (SSSR count). The molecule has 0 unspecified atom stereocenters. The Labute approximate surface area is 127 Å². The van der Waals surface area contributed by atoms with E-state index in [1.54, 1.807) is 6.20 Å². The molecule has 3 heteroatoms. The van der Waals surface area contributed by atoms with Crippen molar-refractivity contribution in [1.29, 1.82) is 0 Å². The zero-order valence-corrected chi connectivity index (χ0v) is 13.5. The molecule has 0 aliphatic rings. The standard InChI is InChI=1S/C18H24N2O/c1-12-6-9-17(15(10-12)18(3,4)5)21-14-7-8-16(13(2)19)20-11-14/h6-11,13H,19H2,1-5H3/t13-/m1/s1. The summed E-state index contributed by atoms with van der Waals surface area (Å²) in [6.07, 6.45) is 1.73. The highest BCUT2D eigenvalue weighted by Gasteiger charge is 2.19. The van der Waals surface area contributed by atoms with E-state index in [4.69, 9.17) is 10.5 Å². The van der Waals surface area contributed by atoms with Crippen LogP contribution in [-0.4, -0.2) is 4.98 Å². The third-order valence-electron chi connectivity index (χ3n) is 3.40. The molecule has 0 spiro atoms. The molecule has 1 aromatic carbocycles. The molecule has 2 aromatic rings. The molecule has 1 atom stereocenters. The monoisotopic (exact) mass is 284 g/mol. The highest BCUT2D eigenvalue weighted by molar-refractivity contribution is 5.43. The van der Waals surface area contributed by atoms with E-state index >= 15 is 0 Å². The third kappa shape index (κ3) is 3.82. The van der Waals surface area contributed by atoms with Gasteiger partial charge in [0.05, 0.1) is 11.9 Å². The molecule has 0 amide bonds. The van der Waals surface area contributed by atoms with Crippen molar-refractivity contribution < 1.29 is 4.74 Å². The Balaban J connectivity index is 2.31. The summed E-state index contributed by atoms with van der Waals surface area (Å²) < 4.78 is 6.02. The number of ether oxygens (including phenoxy) is 1. The van der Waals surface area contributed by atoms with Gasteiger partial charge in [-0.05, 0) is 37.5 Å². The van der Waals surface area contributed by atoms with Crippen LogP contribution < -0.4 is 10.5 Å². The van der Waals surface area contributed by atoms with Gasteiger partial charge >= 0.3 is 0 Å². The van der Waals surface area contributed by atoms with Gasteiger partial charge < -0.3 is 10.5 Å². The molecular weight excluding hydrogens is 260 g/mol. The molecular formula is C18H24N2O. The maximum absolute atomic E-state index is 6.02. The quantitative estimate of drug-likeness (QED) is 0.902. The van der Waals surface area contributed by atoms with E-state index in [2.05, 4.69) is 44.8 Å². The first kappa shape index (κ1) is 15.5. The molecule has 0 saturated carbocycles. The van der Waals surface area contributed by atoms with Crippen LogP contribution in [-0.2, 0) is 5.41 Å². The predicted molar refractivity (Wildman–Crippen MR) is 86.8 cm³/mol. The number of hydrogen-bond acceptors (Lipinski definition) is 3. The Hall–Kier alpha value is -1.87. The van der Waals surface area contributed by atoms with Gasteiger partial charge in [-0.25, -0.2) is 0 Å². The van der Waals surface area contributed by atoms with Crippen molar-refractivity contribution in [2.75, 3.05) is 0 Å². The predicted octanol–water partition coefficient (Wildman–Crippen LogP) is 4.50. The number of aromatic nitrogens is 1. The molecule has 1 aromatic heterocycles. The minimum Gasteiger partial charge on any atom is -0.455 e. The summed E-state index contributed by atoms with van der Waals surface area (Å²) in [4.78, 5) is 4.33. The smallest absolute Gasteiger partial charge is 0.145 e. The number of nitrogens with two attached hydrogens (primary N) is 1. The third-order valence-corrected chi connectivity index (χ3v) is 3.40. The number of aryl methyl sites for hydroxylation is 1. The van der Waals surface area contributed by atoms with E-state index in [1.165, 1.54) is 11.1 Å². The van der Waals surface area contributed by atoms with Crippen LogP contribution in [0.5, 0.6) is 11.5 Å². The first-order valence-electron chi connectivity index (χ1n) is 7.28. The highest BCUT2D eigenvalue weighted by Crippen LogP contribution is 2.34. The number of benzene rings is 1. The van der Waals surface area contributed by atoms with Gasteiger partial charge in [-0.1, -0.05) is 38.5 Å². The largest absolute Gasteiger partial charge is 0.455 e. The summed E-state index contributed by atoms with van der Waals surface area (Å²) in [7, 11) is 0. The van der Waals surface area contributed by atoms with Gasteiger partial charge in [0.2, 0.25) is 0 Å². The van der Waals surface area contributed by atoms with Gasteiger partial charge in [0.25, 0.3) is 0 Å². The molecule has 1 heterocycles. The van der Waals surface area contributed by atoms with Crippen molar-refractivity contribution in [3.8, 4) is 11.5 Å². The van der Waals surface area contributed by atoms with Crippen molar-refractivity contribution in [1.82, 2.24) is 4.98 Å². The maximum Gasteiger partial charge on any atom is 0.145 e. The summed E-state index contributed by atoms with van der Waals surface area (Å²) >= 11 is 0. The second kappa shape index (κ2) is 5.86. The Morgan fingerprint density at radius 3 is 2.38 bits per heavy atom. The Morgan fingerprint density at radius 2 is 1.86 bits per heavy atom. The SMILES string of the molecule is Cc1ccc(Oc2ccc([C@@H](C)N)nc2)c(C(C)(C)C)c1. The lowest BCUT2D eigenvalue weighted by Gasteiger charge is -2.23. The first-order valence-corrected chi connectivity index (χ1v) is 7.28. The Kier molecular flexibility index (Phi) is 4.33. The van der Waals surface area contributed by atoms with E-state index in [0.717, 1.165) is 17.2 Å². The van der Waals surface area contributed by atoms with Crippen molar-refractivity contribution in [2.45, 2.75) is 46.1 Å². The van der Waals surface area contributed by atoms with Crippen LogP contribution in [0.3, 0.4) is 0 Å². The van der Waals surface area contributed by atoms with Crippen molar-refractivity contribution >= 4 is 0 Å². The molecule has 0 bridgehead atoms. The summed E-state index contributed by atoms with van der Waals surface area (Å²) in [6, 6.07) is 10.0. The number of nitrogens with zero attached hydrogens (tertiary/aromatic N) is 1. The van der Waals surface area contributed by atoms with E-state index in [-0.39, 0.29) is 11.5 Å². The fourth-order valence-corrected chi connectivity index (χ4v) is 2.17. The molecule has 0 radical (unpaired) electrons. The van der Waals surface area contributed by atoms with E-state index < -0.39 is 0 Å². The highest BCUT2D eigenvalue weighted by atomic mass is 16.5. The molecule has 0 fully saturated rings. The second-order valence-corrected chi connectivity index (χ2v) is 6.56. The van der Waals surface area contributed by atoms with E-state index in [1.807, 2.05) is 25.1 Å². The van der Waals surface area contributed by atoms with Crippen LogP contribution in [0.2, 0.25) is 0 Å². The summed E-state index contributed by atoms with van der Waals surface area (Å²) in [5.74, 6) is 1.61. The fraction of sp³-hybridized carbons (Fsp3) is 0.389. The van der Waals surface area contributed by atoms with Gasteiger partial charge in [0, 0.05) is 11.6 Å². The molecule has 112 valence electrons. The Morgan fingerprint density at radius 1 is 1.14 bits per heavy atom. The molecule has 21 heavy (non-hydrogen) atoms. The number of rotatable bonds is 3.